The van der Waals surface area contributed by atoms with Gasteiger partial charge >= 0.3 is 0 Å². The normalized spacial score (nSPS) is 22.8. The summed E-state index contributed by atoms with van der Waals surface area (Å²) in [6.07, 6.45) is 0.609. The first-order valence-electron chi connectivity index (χ1n) is 7.49. The highest BCUT2D eigenvalue weighted by Gasteiger charge is 2.38. The molecule has 1 atom stereocenters. The van der Waals surface area contributed by atoms with Gasteiger partial charge in [0.1, 0.15) is 6.04 Å². The molecule has 0 amide bonds. The van der Waals surface area contributed by atoms with Crippen LogP contribution in [0.15, 0.2) is 0 Å². The molecule has 0 aromatic heterocycles. The zero-order valence-corrected chi connectivity index (χ0v) is 13.2. The molecule has 0 radical (unpaired) electrons. The Morgan fingerprint density at radius 2 is 1.60 bits per heavy atom. The fourth-order valence-electron chi connectivity index (χ4n) is 3.73. The number of benzene rings is 1. The molecule has 0 N–H and O–H groups in total. The van der Waals surface area contributed by atoms with E-state index in [1.807, 2.05) is 0 Å². The van der Waals surface area contributed by atoms with Crippen LogP contribution in [0.4, 0.5) is 5.69 Å². The fraction of sp³-hybridized carbons (Fsp3) is 0.588. The molecule has 3 nitrogen and oxygen atoms in total. The molecule has 20 heavy (non-hydrogen) atoms. The molecule has 3 heteroatoms. The second kappa shape index (κ2) is 4.59. The minimum absolute atomic E-state index is 0.0569. The standard InChI is InChI=1S/C17H24N2O/c1-10-11(2)13(4)17-14(12(10)3)8-16(20)15-9-18(5)6-7-19(15)17/h15H,6-9H2,1-5H3/t15-/m1/s1. The fourth-order valence-corrected chi connectivity index (χ4v) is 3.73. The van der Waals surface area contributed by atoms with Gasteiger partial charge in [0.05, 0.1) is 0 Å². The molecule has 1 aromatic carbocycles. The van der Waals surface area contributed by atoms with E-state index < -0.39 is 0 Å². The van der Waals surface area contributed by atoms with Gasteiger partial charge in [-0.15, -0.1) is 0 Å². The molecule has 1 aromatic rings. The third-order valence-electron chi connectivity index (χ3n) is 5.37. The number of Topliss-reactive ketones (excluding diaryl/α,β-unsaturated/α-hetero) is 1. The highest BCUT2D eigenvalue weighted by atomic mass is 16.1. The number of hydrogen-bond donors (Lipinski definition) is 0. The van der Waals surface area contributed by atoms with Crippen molar-refractivity contribution in [3.63, 3.8) is 0 Å². The van der Waals surface area contributed by atoms with Crippen molar-refractivity contribution < 1.29 is 4.79 Å². The molecular weight excluding hydrogens is 248 g/mol. The first-order chi connectivity index (χ1) is 9.41. The maximum absolute atomic E-state index is 12.5. The number of rotatable bonds is 0. The number of likely N-dealkylation sites (N-methyl/N-ethyl adjacent to an activating group) is 1. The average Bonchev–Trinajstić information content (AvgIpc) is 2.43. The first-order valence-corrected chi connectivity index (χ1v) is 7.49. The number of carbonyl (C=O) groups is 1. The van der Waals surface area contributed by atoms with Gasteiger partial charge < -0.3 is 9.80 Å². The Morgan fingerprint density at radius 3 is 2.30 bits per heavy atom. The van der Waals surface area contributed by atoms with E-state index >= 15 is 0 Å². The second-order valence-electron chi connectivity index (χ2n) is 6.44. The first kappa shape index (κ1) is 13.6. The minimum atomic E-state index is 0.0569. The molecule has 0 spiro atoms. The van der Waals surface area contributed by atoms with Crippen LogP contribution >= 0.6 is 0 Å². The molecule has 0 unspecified atom stereocenters. The zero-order valence-electron chi connectivity index (χ0n) is 13.2. The van der Waals surface area contributed by atoms with Crippen LogP contribution in [0, 0.1) is 27.7 Å². The molecule has 0 aliphatic carbocycles. The topological polar surface area (TPSA) is 23.6 Å². The van der Waals surface area contributed by atoms with Crippen LogP contribution in [-0.2, 0) is 11.2 Å². The number of hydrogen-bond acceptors (Lipinski definition) is 3. The van der Waals surface area contributed by atoms with E-state index in [0.29, 0.717) is 12.2 Å². The predicted octanol–water partition coefficient (Wildman–Crippen LogP) is 2.17. The second-order valence-corrected chi connectivity index (χ2v) is 6.44. The van der Waals surface area contributed by atoms with Crippen molar-refractivity contribution in [2.75, 3.05) is 31.6 Å². The Hall–Kier alpha value is -1.35. The zero-order chi connectivity index (χ0) is 14.6. The summed E-state index contributed by atoms with van der Waals surface area (Å²) < 4.78 is 0. The number of anilines is 1. The molecule has 1 fully saturated rings. The summed E-state index contributed by atoms with van der Waals surface area (Å²) >= 11 is 0. The van der Waals surface area contributed by atoms with Crippen molar-refractivity contribution in [2.24, 2.45) is 0 Å². The summed E-state index contributed by atoms with van der Waals surface area (Å²) in [5, 5.41) is 0. The van der Waals surface area contributed by atoms with Crippen LogP contribution < -0.4 is 4.90 Å². The van der Waals surface area contributed by atoms with E-state index in [9.17, 15) is 4.79 Å². The van der Waals surface area contributed by atoms with Gasteiger partial charge in [0, 0.05) is 31.7 Å². The Bertz CT molecular complexity index is 591. The van der Waals surface area contributed by atoms with Crippen LogP contribution in [0.5, 0.6) is 0 Å². The summed E-state index contributed by atoms with van der Waals surface area (Å²) in [6, 6.07) is 0.0569. The summed E-state index contributed by atoms with van der Waals surface area (Å²) in [5.41, 5.74) is 8.04. The van der Waals surface area contributed by atoms with Gasteiger partial charge in [-0.3, -0.25) is 4.79 Å². The van der Waals surface area contributed by atoms with Gasteiger partial charge in [0.2, 0.25) is 0 Å². The lowest BCUT2D eigenvalue weighted by molar-refractivity contribution is -0.120. The van der Waals surface area contributed by atoms with Crippen LogP contribution in [0.3, 0.4) is 0 Å². The Kier molecular flexibility index (Phi) is 3.13. The number of fused-ring (bicyclic) bond motifs is 3. The number of ketones is 1. The molecule has 0 saturated carbocycles. The minimum Gasteiger partial charge on any atom is -0.358 e. The van der Waals surface area contributed by atoms with E-state index in [4.69, 9.17) is 0 Å². The van der Waals surface area contributed by atoms with Crippen molar-refractivity contribution in [3.8, 4) is 0 Å². The molecule has 108 valence electrons. The van der Waals surface area contributed by atoms with Gasteiger partial charge in [0.25, 0.3) is 0 Å². The predicted molar refractivity (Wildman–Crippen MR) is 82.7 cm³/mol. The monoisotopic (exact) mass is 272 g/mol. The Balaban J connectivity index is 2.19. The van der Waals surface area contributed by atoms with Crippen molar-refractivity contribution in [1.82, 2.24) is 4.90 Å². The quantitative estimate of drug-likeness (QED) is 0.723. The molecule has 0 bridgehead atoms. The van der Waals surface area contributed by atoms with E-state index in [1.54, 1.807) is 0 Å². The van der Waals surface area contributed by atoms with Crippen LogP contribution in [0.1, 0.15) is 27.8 Å². The summed E-state index contributed by atoms with van der Waals surface area (Å²) in [6.45, 7) is 11.6. The van der Waals surface area contributed by atoms with Gasteiger partial charge in [-0.05, 0) is 62.6 Å². The van der Waals surface area contributed by atoms with E-state index in [1.165, 1.54) is 33.5 Å². The lowest BCUT2D eigenvalue weighted by Gasteiger charge is -2.45. The lowest BCUT2D eigenvalue weighted by atomic mass is 9.84. The molecule has 2 aliphatic heterocycles. The molecule has 2 aliphatic rings. The largest absolute Gasteiger partial charge is 0.358 e. The molecule has 3 rings (SSSR count). The number of nitrogens with zero attached hydrogens (tertiary/aromatic N) is 2. The summed E-state index contributed by atoms with van der Waals surface area (Å²) in [5.74, 6) is 0.384. The van der Waals surface area contributed by atoms with E-state index in [-0.39, 0.29) is 6.04 Å². The van der Waals surface area contributed by atoms with E-state index in [2.05, 4.69) is 44.5 Å². The smallest absolute Gasteiger partial charge is 0.160 e. The van der Waals surface area contributed by atoms with Crippen molar-refractivity contribution >= 4 is 11.5 Å². The highest BCUT2D eigenvalue weighted by molar-refractivity contribution is 5.95. The van der Waals surface area contributed by atoms with Crippen LogP contribution in [-0.4, -0.2) is 43.4 Å². The maximum atomic E-state index is 12.5. The van der Waals surface area contributed by atoms with Crippen molar-refractivity contribution in [1.29, 1.82) is 0 Å². The average molecular weight is 272 g/mol. The summed E-state index contributed by atoms with van der Waals surface area (Å²) in [4.78, 5) is 17.2. The van der Waals surface area contributed by atoms with E-state index in [0.717, 1.165) is 19.6 Å². The van der Waals surface area contributed by atoms with Gasteiger partial charge in [-0.25, -0.2) is 0 Å². The van der Waals surface area contributed by atoms with Crippen LogP contribution in [0.2, 0.25) is 0 Å². The maximum Gasteiger partial charge on any atom is 0.160 e. The van der Waals surface area contributed by atoms with Crippen molar-refractivity contribution in [3.05, 3.63) is 27.8 Å². The van der Waals surface area contributed by atoms with Crippen molar-refractivity contribution in [2.45, 2.75) is 40.2 Å². The lowest BCUT2D eigenvalue weighted by Crippen LogP contribution is -2.58. The Labute approximate surface area is 121 Å². The Morgan fingerprint density at radius 1 is 0.950 bits per heavy atom. The van der Waals surface area contributed by atoms with Gasteiger partial charge in [-0.2, -0.15) is 0 Å². The third-order valence-corrected chi connectivity index (χ3v) is 5.37. The third kappa shape index (κ3) is 1.80. The highest BCUT2D eigenvalue weighted by Crippen LogP contribution is 2.39. The molecular formula is C17H24N2O. The number of carbonyl (C=O) groups excluding carboxylic acids is 1. The number of piperazine rings is 1. The summed E-state index contributed by atoms with van der Waals surface area (Å²) in [7, 11) is 2.11. The SMILES string of the molecule is Cc1c(C)c(C)c2c(c1C)CC(=O)[C@H]1CN(C)CCN21. The van der Waals surface area contributed by atoms with Gasteiger partial charge in [0.15, 0.2) is 5.78 Å². The van der Waals surface area contributed by atoms with Gasteiger partial charge in [-0.1, -0.05) is 0 Å². The molecule has 2 heterocycles. The van der Waals surface area contributed by atoms with Crippen LogP contribution in [0.25, 0.3) is 0 Å². The molecule has 1 saturated heterocycles.